The van der Waals surface area contributed by atoms with Crippen LogP contribution in [-0.4, -0.2) is 24.1 Å². The van der Waals surface area contributed by atoms with Crippen molar-refractivity contribution in [3.8, 4) is 11.5 Å². The molecule has 1 aromatic heterocycles. The monoisotopic (exact) mass is 328 g/mol. The van der Waals surface area contributed by atoms with E-state index in [1.54, 1.807) is 18.2 Å². The van der Waals surface area contributed by atoms with E-state index in [4.69, 9.17) is 9.47 Å². The number of nitrogens with zero attached hydrogens (tertiary/aromatic N) is 1. The maximum Gasteiger partial charge on any atom is 0.274 e. The summed E-state index contributed by atoms with van der Waals surface area (Å²) in [7, 11) is 0. The van der Waals surface area contributed by atoms with Crippen LogP contribution in [0.15, 0.2) is 36.4 Å². The number of aryl methyl sites for hydroxylation is 1. The average Bonchev–Trinajstić information content (AvgIpc) is 2.59. The van der Waals surface area contributed by atoms with Gasteiger partial charge in [-0.15, -0.1) is 0 Å². The number of anilines is 1. The average molecular weight is 328 g/mol. The van der Waals surface area contributed by atoms with E-state index in [1.165, 1.54) is 0 Å². The van der Waals surface area contributed by atoms with Crippen molar-refractivity contribution in [1.82, 2.24) is 4.98 Å². The van der Waals surface area contributed by atoms with E-state index in [2.05, 4.69) is 17.2 Å². The molecular weight excluding hydrogens is 304 g/mol. The van der Waals surface area contributed by atoms with Crippen LogP contribution in [0.4, 0.5) is 5.69 Å². The van der Waals surface area contributed by atoms with Crippen molar-refractivity contribution in [2.24, 2.45) is 0 Å². The molecule has 0 radical (unpaired) electrons. The molecule has 0 saturated heterocycles. The Balaban J connectivity index is 2.15. The zero-order valence-electron chi connectivity index (χ0n) is 14.5. The first-order valence-corrected chi connectivity index (χ1v) is 8.28. The molecule has 24 heavy (non-hydrogen) atoms. The van der Waals surface area contributed by atoms with Gasteiger partial charge < -0.3 is 14.8 Å². The predicted octanol–water partition coefficient (Wildman–Crippen LogP) is 4.22. The van der Waals surface area contributed by atoms with Gasteiger partial charge in [-0.25, -0.2) is 4.98 Å². The number of carbonyl (C=O) groups is 1. The molecule has 1 N–H and O–H groups in total. The number of hydrogen-bond acceptors (Lipinski definition) is 4. The van der Waals surface area contributed by atoms with Crippen LogP contribution in [0.25, 0.3) is 0 Å². The van der Waals surface area contributed by atoms with Gasteiger partial charge in [-0.3, -0.25) is 4.79 Å². The summed E-state index contributed by atoms with van der Waals surface area (Å²) in [5.74, 6) is 1.08. The highest BCUT2D eigenvalue weighted by atomic mass is 16.5. The van der Waals surface area contributed by atoms with Crippen molar-refractivity contribution in [3.05, 3.63) is 47.8 Å². The zero-order chi connectivity index (χ0) is 17.4. The van der Waals surface area contributed by atoms with Crippen LogP contribution >= 0.6 is 0 Å². The molecule has 0 fully saturated rings. The number of benzene rings is 1. The molecule has 2 rings (SSSR count). The minimum absolute atomic E-state index is 0.248. The molecule has 2 aromatic rings. The Morgan fingerprint density at radius 2 is 1.75 bits per heavy atom. The van der Waals surface area contributed by atoms with Crippen LogP contribution in [-0.2, 0) is 0 Å². The van der Waals surface area contributed by atoms with E-state index in [-0.39, 0.29) is 5.91 Å². The first-order valence-electron chi connectivity index (χ1n) is 8.28. The third-order valence-corrected chi connectivity index (χ3v) is 3.25. The van der Waals surface area contributed by atoms with E-state index in [9.17, 15) is 4.79 Å². The summed E-state index contributed by atoms with van der Waals surface area (Å²) in [4.78, 5) is 16.5. The normalized spacial score (nSPS) is 10.3. The van der Waals surface area contributed by atoms with Gasteiger partial charge in [0.05, 0.1) is 13.2 Å². The molecule has 0 bridgehead atoms. The molecule has 0 atom stereocenters. The van der Waals surface area contributed by atoms with Crippen molar-refractivity contribution in [2.45, 2.75) is 33.6 Å². The fourth-order valence-corrected chi connectivity index (χ4v) is 2.11. The second-order valence-corrected chi connectivity index (χ2v) is 5.48. The number of ether oxygens (including phenoxy) is 2. The molecule has 0 spiro atoms. The van der Waals surface area contributed by atoms with Crippen LogP contribution < -0.4 is 14.8 Å². The van der Waals surface area contributed by atoms with Gasteiger partial charge in [0.1, 0.15) is 5.69 Å². The Hall–Kier alpha value is -2.56. The molecule has 0 aliphatic rings. The van der Waals surface area contributed by atoms with Gasteiger partial charge in [0.25, 0.3) is 5.91 Å². The highest BCUT2D eigenvalue weighted by Gasteiger charge is 2.11. The van der Waals surface area contributed by atoms with Crippen molar-refractivity contribution in [3.63, 3.8) is 0 Å². The number of hydrogen-bond donors (Lipinski definition) is 1. The van der Waals surface area contributed by atoms with Crippen molar-refractivity contribution < 1.29 is 14.3 Å². The summed E-state index contributed by atoms with van der Waals surface area (Å²) >= 11 is 0. The van der Waals surface area contributed by atoms with Crippen molar-refractivity contribution in [1.29, 1.82) is 0 Å². The van der Waals surface area contributed by atoms with Crippen molar-refractivity contribution >= 4 is 11.6 Å². The zero-order valence-corrected chi connectivity index (χ0v) is 14.5. The summed E-state index contributed by atoms with van der Waals surface area (Å²) in [6.45, 7) is 7.17. The molecule has 1 aromatic carbocycles. The summed E-state index contributed by atoms with van der Waals surface area (Å²) in [6.07, 6.45) is 1.82. The van der Waals surface area contributed by atoms with Crippen LogP contribution in [0.5, 0.6) is 11.5 Å². The maximum atomic E-state index is 12.3. The van der Waals surface area contributed by atoms with E-state index in [1.807, 2.05) is 32.0 Å². The predicted molar refractivity (Wildman–Crippen MR) is 94.9 cm³/mol. The number of aromatic nitrogens is 1. The number of pyridine rings is 1. The summed E-state index contributed by atoms with van der Waals surface area (Å²) in [6, 6.07) is 10.8. The van der Waals surface area contributed by atoms with Crippen LogP contribution in [0, 0.1) is 6.92 Å². The molecule has 0 saturated carbocycles. The van der Waals surface area contributed by atoms with Crippen LogP contribution in [0.3, 0.4) is 0 Å². The lowest BCUT2D eigenvalue weighted by Crippen LogP contribution is -2.14. The van der Waals surface area contributed by atoms with Crippen molar-refractivity contribution in [2.75, 3.05) is 18.5 Å². The fraction of sp³-hybridized carbons (Fsp3) is 0.368. The Bertz CT molecular complexity index is 686. The first kappa shape index (κ1) is 17.8. The van der Waals surface area contributed by atoms with E-state index in [0.717, 1.165) is 18.5 Å². The SMILES string of the molecule is CCCOc1ccc(NC(=O)c2cccc(C)n2)cc1OCCC. The van der Waals surface area contributed by atoms with E-state index < -0.39 is 0 Å². The first-order chi connectivity index (χ1) is 11.6. The highest BCUT2D eigenvalue weighted by molar-refractivity contribution is 6.03. The van der Waals surface area contributed by atoms with Gasteiger partial charge in [-0.05, 0) is 44.0 Å². The van der Waals surface area contributed by atoms with E-state index in [0.29, 0.717) is 36.1 Å². The second-order valence-electron chi connectivity index (χ2n) is 5.48. The molecule has 0 aliphatic heterocycles. The minimum atomic E-state index is -0.248. The summed E-state index contributed by atoms with van der Waals surface area (Å²) in [5, 5.41) is 2.85. The molecule has 128 valence electrons. The standard InChI is InChI=1S/C19H24N2O3/c1-4-11-23-17-10-9-15(13-18(17)24-12-5-2)21-19(22)16-8-6-7-14(3)20-16/h6-10,13H,4-5,11-12H2,1-3H3,(H,21,22). The van der Waals surface area contributed by atoms with Crippen LogP contribution in [0.1, 0.15) is 42.9 Å². The topological polar surface area (TPSA) is 60.5 Å². The summed E-state index contributed by atoms with van der Waals surface area (Å²) in [5.41, 5.74) is 1.84. The van der Waals surface area contributed by atoms with Gasteiger partial charge in [0.15, 0.2) is 11.5 Å². The summed E-state index contributed by atoms with van der Waals surface area (Å²) < 4.78 is 11.4. The third-order valence-electron chi connectivity index (χ3n) is 3.25. The van der Waals surface area contributed by atoms with Gasteiger partial charge in [0.2, 0.25) is 0 Å². The second kappa shape index (κ2) is 8.91. The molecule has 1 amide bonds. The van der Waals surface area contributed by atoms with Gasteiger partial charge in [-0.1, -0.05) is 19.9 Å². The van der Waals surface area contributed by atoms with Gasteiger partial charge in [0, 0.05) is 17.4 Å². The minimum Gasteiger partial charge on any atom is -0.490 e. The lowest BCUT2D eigenvalue weighted by Gasteiger charge is -2.14. The molecule has 0 aliphatic carbocycles. The fourth-order valence-electron chi connectivity index (χ4n) is 2.11. The third kappa shape index (κ3) is 4.98. The molecule has 1 heterocycles. The Morgan fingerprint density at radius 3 is 2.42 bits per heavy atom. The highest BCUT2D eigenvalue weighted by Crippen LogP contribution is 2.31. The number of amides is 1. The largest absolute Gasteiger partial charge is 0.490 e. The number of rotatable bonds is 8. The molecular formula is C19H24N2O3. The number of nitrogens with one attached hydrogen (secondary N) is 1. The Labute approximate surface area is 143 Å². The van der Waals surface area contributed by atoms with E-state index >= 15 is 0 Å². The molecule has 5 nitrogen and oxygen atoms in total. The lowest BCUT2D eigenvalue weighted by atomic mass is 10.2. The maximum absolute atomic E-state index is 12.3. The van der Waals surface area contributed by atoms with Crippen LogP contribution in [0.2, 0.25) is 0 Å². The Kier molecular flexibility index (Phi) is 6.61. The quantitative estimate of drug-likeness (QED) is 0.788. The number of carbonyl (C=O) groups excluding carboxylic acids is 1. The van der Waals surface area contributed by atoms with Gasteiger partial charge in [-0.2, -0.15) is 0 Å². The Morgan fingerprint density at radius 1 is 1.04 bits per heavy atom. The molecule has 0 unspecified atom stereocenters. The molecule has 5 heteroatoms. The smallest absolute Gasteiger partial charge is 0.274 e. The lowest BCUT2D eigenvalue weighted by molar-refractivity contribution is 0.102. The van der Waals surface area contributed by atoms with Gasteiger partial charge >= 0.3 is 0 Å².